The van der Waals surface area contributed by atoms with E-state index >= 15 is 0 Å². The van der Waals surface area contributed by atoms with Crippen LogP contribution < -0.4 is 0 Å². The van der Waals surface area contributed by atoms with Crippen molar-refractivity contribution in [1.29, 1.82) is 0 Å². The molecule has 1 saturated heterocycles. The van der Waals surface area contributed by atoms with Gasteiger partial charge in [-0.2, -0.15) is 0 Å². The Balaban J connectivity index is 2.06. The van der Waals surface area contributed by atoms with E-state index in [0.717, 1.165) is 13.1 Å². The van der Waals surface area contributed by atoms with E-state index in [1.807, 2.05) is 13.8 Å². The quantitative estimate of drug-likeness (QED) is 0.442. The maximum atomic E-state index is 13.3. The first-order valence-corrected chi connectivity index (χ1v) is 9.64. The lowest BCUT2D eigenvalue weighted by atomic mass is 9.96. The molecule has 1 aromatic carbocycles. The van der Waals surface area contributed by atoms with E-state index in [-0.39, 0.29) is 16.9 Å². The fourth-order valence-electron chi connectivity index (χ4n) is 3.56. The predicted molar refractivity (Wildman–Crippen MR) is 107 cm³/mol. The van der Waals surface area contributed by atoms with Gasteiger partial charge in [0.25, 0.3) is 11.7 Å². The molecule has 0 unspecified atom stereocenters. The summed E-state index contributed by atoms with van der Waals surface area (Å²) in [7, 11) is 0. The third kappa shape index (κ3) is 4.19. The molecule has 152 valence electrons. The number of benzene rings is 1. The highest BCUT2D eigenvalue weighted by molar-refractivity contribution is 6.46. The Hall–Kier alpha value is -3.06. The van der Waals surface area contributed by atoms with Crippen molar-refractivity contribution < 1.29 is 19.1 Å². The molecule has 1 atom stereocenters. The van der Waals surface area contributed by atoms with Crippen LogP contribution >= 0.6 is 0 Å². The molecule has 0 bridgehead atoms. The Morgan fingerprint density at radius 2 is 1.72 bits per heavy atom. The molecular weight excluding hydrogens is 373 g/mol. The first-order valence-electron chi connectivity index (χ1n) is 9.64. The number of nitrogens with zero attached hydrogens (tertiary/aromatic N) is 3. The lowest BCUT2D eigenvalue weighted by molar-refractivity contribution is -0.140. The van der Waals surface area contributed by atoms with Crippen LogP contribution in [0.25, 0.3) is 5.76 Å². The number of hydrogen-bond donors (Lipinski definition) is 1. The molecule has 29 heavy (non-hydrogen) atoms. The zero-order valence-corrected chi connectivity index (χ0v) is 16.5. The van der Waals surface area contributed by atoms with Gasteiger partial charge in [0.05, 0.1) is 11.6 Å². The van der Waals surface area contributed by atoms with E-state index in [9.17, 15) is 19.1 Å². The number of Topliss-reactive ketones (excluding diaryl/α,β-unsaturated/α-hetero) is 1. The molecule has 1 amide bonds. The van der Waals surface area contributed by atoms with Crippen molar-refractivity contribution in [2.45, 2.75) is 19.9 Å². The summed E-state index contributed by atoms with van der Waals surface area (Å²) in [5.41, 5.74) is 0.974. The van der Waals surface area contributed by atoms with Crippen molar-refractivity contribution in [1.82, 2.24) is 14.8 Å². The summed E-state index contributed by atoms with van der Waals surface area (Å²) in [4.78, 5) is 33.3. The van der Waals surface area contributed by atoms with Gasteiger partial charge in [-0.05, 0) is 55.1 Å². The molecule has 0 saturated carbocycles. The molecule has 3 rings (SSSR count). The minimum atomic E-state index is -0.742. The standard InChI is InChI=1S/C22H24FN3O3/c1-3-25(4-2)13-14-26-19(15-9-11-24-12-10-15)18(21(28)22(26)29)20(27)16-5-7-17(23)8-6-16/h5-12,19,27H,3-4,13-14H2,1-2H3/b20-18+/t19-/m0/s1. The van der Waals surface area contributed by atoms with Crippen LogP contribution in [-0.2, 0) is 9.59 Å². The maximum absolute atomic E-state index is 13.3. The summed E-state index contributed by atoms with van der Waals surface area (Å²) in [5, 5.41) is 10.9. The number of aromatic nitrogens is 1. The lowest BCUT2D eigenvalue weighted by Gasteiger charge is -2.28. The van der Waals surface area contributed by atoms with Gasteiger partial charge in [0.2, 0.25) is 0 Å². The average Bonchev–Trinajstić information content (AvgIpc) is 3.00. The van der Waals surface area contributed by atoms with Gasteiger partial charge in [-0.25, -0.2) is 4.39 Å². The fourth-order valence-corrected chi connectivity index (χ4v) is 3.56. The molecule has 0 radical (unpaired) electrons. The number of carbonyl (C=O) groups excluding carboxylic acids is 2. The topological polar surface area (TPSA) is 73.7 Å². The number of likely N-dealkylation sites (N-methyl/N-ethyl adjacent to an activating group) is 1. The number of halogens is 1. The maximum Gasteiger partial charge on any atom is 0.295 e. The molecule has 0 aliphatic carbocycles. The van der Waals surface area contributed by atoms with Crippen LogP contribution in [0.3, 0.4) is 0 Å². The third-order valence-electron chi connectivity index (χ3n) is 5.23. The number of ketones is 1. The van der Waals surface area contributed by atoms with Crippen molar-refractivity contribution in [3.8, 4) is 0 Å². The van der Waals surface area contributed by atoms with Crippen molar-refractivity contribution in [3.63, 3.8) is 0 Å². The van der Waals surface area contributed by atoms with E-state index in [1.54, 1.807) is 24.5 Å². The molecule has 6 nitrogen and oxygen atoms in total. The number of aliphatic hydroxyl groups is 1. The second-order valence-electron chi connectivity index (χ2n) is 6.81. The van der Waals surface area contributed by atoms with Gasteiger partial charge in [-0.1, -0.05) is 13.8 Å². The first-order chi connectivity index (χ1) is 14.0. The number of aliphatic hydroxyl groups excluding tert-OH is 1. The predicted octanol–water partition coefficient (Wildman–Crippen LogP) is 2.98. The zero-order valence-electron chi connectivity index (χ0n) is 16.5. The second-order valence-corrected chi connectivity index (χ2v) is 6.81. The average molecular weight is 397 g/mol. The number of hydrogen-bond acceptors (Lipinski definition) is 5. The van der Waals surface area contributed by atoms with Crippen LogP contribution in [0, 0.1) is 5.82 Å². The fraction of sp³-hybridized carbons (Fsp3) is 0.318. The highest BCUT2D eigenvalue weighted by Gasteiger charge is 2.45. The Morgan fingerprint density at radius 1 is 1.10 bits per heavy atom. The number of amides is 1. The Labute approximate surface area is 169 Å². The second kappa shape index (κ2) is 8.96. The number of likely N-dealkylation sites (tertiary alicyclic amines) is 1. The van der Waals surface area contributed by atoms with Crippen LogP contribution in [-0.4, -0.2) is 57.8 Å². The van der Waals surface area contributed by atoms with Crippen LogP contribution in [0.1, 0.15) is 31.0 Å². The van der Waals surface area contributed by atoms with E-state index < -0.39 is 23.5 Å². The molecule has 2 heterocycles. The largest absolute Gasteiger partial charge is 0.507 e. The van der Waals surface area contributed by atoms with Gasteiger partial charge in [-0.15, -0.1) is 0 Å². The molecule has 2 aromatic rings. The summed E-state index contributed by atoms with van der Waals surface area (Å²) in [5.74, 6) is -2.15. The molecule has 1 aliphatic rings. The van der Waals surface area contributed by atoms with Crippen molar-refractivity contribution in [2.24, 2.45) is 0 Å². The van der Waals surface area contributed by atoms with E-state index in [4.69, 9.17) is 0 Å². The van der Waals surface area contributed by atoms with Crippen LogP contribution in [0.4, 0.5) is 4.39 Å². The van der Waals surface area contributed by atoms with Crippen LogP contribution in [0.15, 0.2) is 54.4 Å². The zero-order chi connectivity index (χ0) is 21.0. The molecule has 1 aromatic heterocycles. The minimum Gasteiger partial charge on any atom is -0.507 e. The highest BCUT2D eigenvalue weighted by atomic mass is 19.1. The van der Waals surface area contributed by atoms with Gasteiger partial charge in [0.15, 0.2) is 0 Å². The first kappa shape index (κ1) is 20.7. The summed E-state index contributed by atoms with van der Waals surface area (Å²) in [6.07, 6.45) is 3.16. The van der Waals surface area contributed by atoms with Gasteiger partial charge in [0, 0.05) is 31.0 Å². The van der Waals surface area contributed by atoms with Crippen molar-refractivity contribution in [2.75, 3.05) is 26.2 Å². The van der Waals surface area contributed by atoms with Gasteiger partial charge in [0.1, 0.15) is 11.6 Å². The summed E-state index contributed by atoms with van der Waals surface area (Å²) in [6.45, 7) is 6.68. The molecule has 1 N–H and O–H groups in total. The lowest BCUT2D eigenvalue weighted by Crippen LogP contribution is -2.38. The smallest absolute Gasteiger partial charge is 0.295 e. The van der Waals surface area contributed by atoms with Gasteiger partial charge >= 0.3 is 0 Å². The van der Waals surface area contributed by atoms with Gasteiger partial charge in [-0.3, -0.25) is 14.6 Å². The van der Waals surface area contributed by atoms with E-state index in [0.29, 0.717) is 18.7 Å². The summed E-state index contributed by atoms with van der Waals surface area (Å²) in [6, 6.07) is 7.89. The van der Waals surface area contributed by atoms with E-state index in [2.05, 4.69) is 9.88 Å². The van der Waals surface area contributed by atoms with Crippen molar-refractivity contribution >= 4 is 17.4 Å². The van der Waals surface area contributed by atoms with Crippen LogP contribution in [0.2, 0.25) is 0 Å². The molecule has 1 fully saturated rings. The number of carbonyl (C=O) groups is 2. The Morgan fingerprint density at radius 3 is 2.31 bits per heavy atom. The number of rotatable bonds is 7. The van der Waals surface area contributed by atoms with E-state index in [1.165, 1.54) is 29.2 Å². The van der Waals surface area contributed by atoms with Crippen molar-refractivity contribution in [3.05, 3.63) is 71.3 Å². The Kier molecular flexibility index (Phi) is 6.39. The highest BCUT2D eigenvalue weighted by Crippen LogP contribution is 2.39. The Bertz CT molecular complexity index is 909. The molecule has 1 aliphatic heterocycles. The summed E-state index contributed by atoms with van der Waals surface area (Å²) < 4.78 is 13.3. The number of pyridine rings is 1. The third-order valence-corrected chi connectivity index (χ3v) is 5.23. The SMILES string of the molecule is CCN(CC)CCN1C(=O)C(=O)/C(=C(/O)c2ccc(F)cc2)[C@@H]1c1ccncc1. The normalized spacial score (nSPS) is 18.6. The monoisotopic (exact) mass is 397 g/mol. The summed E-state index contributed by atoms with van der Waals surface area (Å²) >= 11 is 0. The molecule has 0 spiro atoms. The van der Waals surface area contributed by atoms with Gasteiger partial charge < -0.3 is 14.9 Å². The van der Waals surface area contributed by atoms with Crippen LogP contribution in [0.5, 0.6) is 0 Å². The molecule has 7 heteroatoms. The minimum absolute atomic E-state index is 0.00681. The molecular formula is C22H24FN3O3.